The first-order chi connectivity index (χ1) is 9.75. The van der Waals surface area contributed by atoms with Crippen molar-refractivity contribution in [2.24, 2.45) is 0 Å². The van der Waals surface area contributed by atoms with Gasteiger partial charge in [0.2, 0.25) is 0 Å². The van der Waals surface area contributed by atoms with E-state index in [1.54, 1.807) is 0 Å². The number of hydrogen-bond donors (Lipinski definition) is 0. The third-order valence-electron chi connectivity index (χ3n) is 4.06. The Labute approximate surface area is 118 Å². The Balaban J connectivity index is 1.93. The first kappa shape index (κ1) is 13.3. The van der Waals surface area contributed by atoms with E-state index in [0.717, 1.165) is 42.4 Å². The summed E-state index contributed by atoms with van der Waals surface area (Å²) in [6.45, 7) is 0. The van der Waals surface area contributed by atoms with Crippen molar-refractivity contribution in [3.8, 4) is 0 Å². The molecule has 1 unspecified atom stereocenters. The van der Waals surface area contributed by atoms with Gasteiger partial charge in [-0.2, -0.15) is 0 Å². The molecule has 0 saturated carbocycles. The van der Waals surface area contributed by atoms with Crippen molar-refractivity contribution in [1.29, 1.82) is 0 Å². The highest BCUT2D eigenvalue weighted by atomic mass is 19.1. The minimum atomic E-state index is -1.22. The lowest BCUT2D eigenvalue weighted by Crippen LogP contribution is -2.15. The molecule has 3 aliphatic rings. The van der Waals surface area contributed by atoms with Gasteiger partial charge in [-0.15, -0.1) is 0 Å². The van der Waals surface area contributed by atoms with Crippen LogP contribution in [0.1, 0.15) is 32.1 Å². The van der Waals surface area contributed by atoms with Crippen molar-refractivity contribution in [3.05, 3.63) is 70.7 Å². The number of hydrogen-bond acceptors (Lipinski definition) is 0. The Morgan fingerprint density at radius 3 is 2.10 bits per heavy atom. The number of allylic oxidation sites excluding steroid dienone is 12. The van der Waals surface area contributed by atoms with Crippen molar-refractivity contribution in [2.45, 2.75) is 38.3 Å². The van der Waals surface area contributed by atoms with Crippen LogP contribution < -0.4 is 0 Å². The molecule has 0 fully saturated rings. The van der Waals surface area contributed by atoms with Crippen LogP contribution in [0.3, 0.4) is 0 Å². The van der Waals surface area contributed by atoms with Gasteiger partial charge in [0, 0.05) is 12.0 Å². The Morgan fingerprint density at radius 2 is 1.55 bits per heavy atom. The van der Waals surface area contributed by atoms with E-state index in [-0.39, 0.29) is 5.57 Å². The van der Waals surface area contributed by atoms with Crippen molar-refractivity contribution < 1.29 is 8.78 Å². The highest BCUT2D eigenvalue weighted by Gasteiger charge is 2.27. The standard InChI is InChI=1S/C18H18F2/c19-16-11-15(13-7-3-1-4-8-13)12-17(20)18(16)14-9-5-2-6-10-14/h1-3,5,7,9,11,17H,4,6,8,10,12H2. The van der Waals surface area contributed by atoms with Gasteiger partial charge in [0.15, 0.2) is 0 Å². The quantitative estimate of drug-likeness (QED) is 0.628. The van der Waals surface area contributed by atoms with E-state index in [1.165, 1.54) is 6.08 Å². The molecule has 0 bridgehead atoms. The van der Waals surface area contributed by atoms with Gasteiger partial charge in [0.1, 0.15) is 12.0 Å². The number of alkyl halides is 1. The van der Waals surface area contributed by atoms with E-state index in [4.69, 9.17) is 0 Å². The monoisotopic (exact) mass is 272 g/mol. The van der Waals surface area contributed by atoms with Crippen LogP contribution in [0, 0.1) is 0 Å². The van der Waals surface area contributed by atoms with E-state index in [0.29, 0.717) is 6.42 Å². The second-order valence-electron chi connectivity index (χ2n) is 5.42. The first-order valence-electron chi connectivity index (χ1n) is 7.22. The molecule has 0 nitrogen and oxygen atoms in total. The van der Waals surface area contributed by atoms with Gasteiger partial charge in [-0.05, 0) is 48.5 Å². The Kier molecular flexibility index (Phi) is 3.81. The molecule has 1 atom stereocenters. The molecular weight excluding hydrogens is 254 g/mol. The van der Waals surface area contributed by atoms with Crippen LogP contribution in [0.15, 0.2) is 70.7 Å². The molecule has 0 N–H and O–H groups in total. The average Bonchev–Trinajstić information content (AvgIpc) is 2.48. The third-order valence-corrected chi connectivity index (χ3v) is 4.06. The molecule has 0 spiro atoms. The van der Waals surface area contributed by atoms with Crippen molar-refractivity contribution in [1.82, 2.24) is 0 Å². The van der Waals surface area contributed by atoms with Gasteiger partial charge in [0.25, 0.3) is 0 Å². The smallest absolute Gasteiger partial charge is 0.132 e. The van der Waals surface area contributed by atoms with Crippen molar-refractivity contribution in [2.75, 3.05) is 0 Å². The lowest BCUT2D eigenvalue weighted by atomic mass is 9.83. The SMILES string of the molecule is FC1=C(C2=CC=CCC2)C(F)CC(C2=CC=CCC2)=C1. The van der Waals surface area contributed by atoms with Gasteiger partial charge in [-0.25, -0.2) is 8.78 Å². The highest BCUT2D eigenvalue weighted by molar-refractivity contribution is 5.51. The predicted molar refractivity (Wildman–Crippen MR) is 78.6 cm³/mol. The maximum absolute atomic E-state index is 14.4. The maximum atomic E-state index is 14.4. The van der Waals surface area contributed by atoms with Crippen LogP contribution >= 0.6 is 0 Å². The molecule has 0 radical (unpaired) electrons. The summed E-state index contributed by atoms with van der Waals surface area (Å²) >= 11 is 0. The summed E-state index contributed by atoms with van der Waals surface area (Å²) in [5, 5.41) is 0. The molecule has 0 aromatic rings. The molecule has 2 heteroatoms. The van der Waals surface area contributed by atoms with E-state index < -0.39 is 12.0 Å². The maximum Gasteiger partial charge on any atom is 0.132 e. The first-order valence-corrected chi connectivity index (χ1v) is 7.22. The largest absolute Gasteiger partial charge is 0.242 e. The fraction of sp³-hybridized carbons (Fsp3) is 0.333. The van der Waals surface area contributed by atoms with Crippen LogP contribution in [-0.4, -0.2) is 6.17 Å². The van der Waals surface area contributed by atoms with Gasteiger partial charge >= 0.3 is 0 Å². The van der Waals surface area contributed by atoms with E-state index >= 15 is 0 Å². The lowest BCUT2D eigenvalue weighted by molar-refractivity contribution is 0.367. The molecule has 0 aromatic carbocycles. The molecule has 3 rings (SSSR count). The van der Waals surface area contributed by atoms with Crippen LogP contribution in [0.5, 0.6) is 0 Å². The Bertz CT molecular complexity index is 583. The summed E-state index contributed by atoms with van der Waals surface area (Å²) in [5.41, 5.74) is 2.97. The normalized spacial score (nSPS) is 26.3. The molecule has 104 valence electrons. The molecule has 0 aliphatic heterocycles. The second-order valence-corrected chi connectivity index (χ2v) is 5.42. The summed E-state index contributed by atoms with van der Waals surface area (Å²) in [6.07, 6.45) is 15.8. The summed E-state index contributed by atoms with van der Waals surface area (Å²) in [5.74, 6) is -0.393. The number of rotatable bonds is 2. The minimum absolute atomic E-state index is 0.269. The predicted octanol–water partition coefficient (Wildman–Crippen LogP) is 5.43. The third kappa shape index (κ3) is 2.60. The molecule has 0 saturated heterocycles. The molecule has 20 heavy (non-hydrogen) atoms. The van der Waals surface area contributed by atoms with Crippen LogP contribution in [-0.2, 0) is 0 Å². The second kappa shape index (κ2) is 5.74. The zero-order valence-electron chi connectivity index (χ0n) is 11.4. The zero-order chi connectivity index (χ0) is 13.9. The van der Waals surface area contributed by atoms with Crippen LogP contribution in [0.2, 0.25) is 0 Å². The topological polar surface area (TPSA) is 0 Å². The number of halogens is 2. The summed E-state index contributed by atoms with van der Waals surface area (Å²) in [6, 6.07) is 0. The van der Waals surface area contributed by atoms with E-state index in [1.807, 2.05) is 30.4 Å². The summed E-state index contributed by atoms with van der Waals surface area (Å²) in [7, 11) is 0. The van der Waals surface area contributed by atoms with Crippen LogP contribution in [0.25, 0.3) is 0 Å². The summed E-state index contributed by atoms with van der Waals surface area (Å²) in [4.78, 5) is 0. The van der Waals surface area contributed by atoms with Gasteiger partial charge < -0.3 is 0 Å². The van der Waals surface area contributed by atoms with Crippen molar-refractivity contribution in [3.63, 3.8) is 0 Å². The zero-order valence-corrected chi connectivity index (χ0v) is 11.4. The molecule has 0 aromatic heterocycles. The minimum Gasteiger partial charge on any atom is -0.242 e. The molecular formula is C18H18F2. The highest BCUT2D eigenvalue weighted by Crippen LogP contribution is 2.38. The lowest BCUT2D eigenvalue weighted by Gasteiger charge is -2.24. The molecule has 0 heterocycles. The fourth-order valence-electron chi connectivity index (χ4n) is 3.01. The van der Waals surface area contributed by atoms with Gasteiger partial charge in [-0.1, -0.05) is 36.5 Å². The van der Waals surface area contributed by atoms with E-state index in [9.17, 15) is 8.78 Å². The molecule has 0 amide bonds. The Morgan fingerprint density at radius 1 is 0.900 bits per heavy atom. The average molecular weight is 272 g/mol. The van der Waals surface area contributed by atoms with E-state index in [2.05, 4.69) is 6.08 Å². The van der Waals surface area contributed by atoms with Crippen molar-refractivity contribution >= 4 is 0 Å². The van der Waals surface area contributed by atoms with Gasteiger partial charge in [0.05, 0.1) is 0 Å². The fourth-order valence-corrected chi connectivity index (χ4v) is 3.01. The summed E-state index contributed by atoms with van der Waals surface area (Å²) < 4.78 is 28.8. The van der Waals surface area contributed by atoms with Crippen LogP contribution in [0.4, 0.5) is 8.78 Å². The van der Waals surface area contributed by atoms with Gasteiger partial charge in [-0.3, -0.25) is 0 Å². The molecule has 3 aliphatic carbocycles. The Hall–Kier alpha value is -1.70.